The minimum absolute atomic E-state index is 0.112. The normalized spacial score (nSPS) is 16.4. The second-order valence-corrected chi connectivity index (χ2v) is 10.9. The van der Waals surface area contributed by atoms with E-state index in [0.29, 0.717) is 22.6 Å². The Balaban J connectivity index is 1.63. The van der Waals surface area contributed by atoms with Gasteiger partial charge in [0.15, 0.2) is 5.60 Å². The smallest absolute Gasteiger partial charge is 0.340 e. The van der Waals surface area contributed by atoms with Gasteiger partial charge in [-0.1, -0.05) is 35.9 Å². The molecule has 1 unspecified atom stereocenters. The lowest BCUT2D eigenvalue weighted by atomic mass is 9.77. The maximum Gasteiger partial charge on any atom is 0.340 e. The first-order chi connectivity index (χ1) is 19.7. The molecule has 0 aliphatic carbocycles. The summed E-state index contributed by atoms with van der Waals surface area (Å²) >= 11 is 0. The first kappa shape index (κ1) is 26.6. The van der Waals surface area contributed by atoms with Crippen molar-refractivity contribution in [3.8, 4) is 11.5 Å². The van der Waals surface area contributed by atoms with Gasteiger partial charge in [0, 0.05) is 48.5 Å². The highest BCUT2D eigenvalue weighted by Gasteiger charge is 2.54. The van der Waals surface area contributed by atoms with E-state index < -0.39 is 5.60 Å². The molecule has 1 spiro atoms. The van der Waals surface area contributed by atoms with Crippen LogP contribution in [0.3, 0.4) is 0 Å². The highest BCUT2D eigenvalue weighted by Crippen LogP contribution is 2.57. The van der Waals surface area contributed by atoms with Crippen molar-refractivity contribution >= 4 is 28.9 Å². The summed E-state index contributed by atoms with van der Waals surface area (Å²) in [7, 11) is 0. The summed E-state index contributed by atoms with van der Waals surface area (Å²) in [5, 5.41) is 0. The number of esters is 1. The first-order valence-corrected chi connectivity index (χ1v) is 14.1. The molecule has 1 amide bonds. The van der Waals surface area contributed by atoms with Gasteiger partial charge in [0.25, 0.3) is 0 Å². The largest absolute Gasteiger partial charge is 0.456 e. The number of aryl methyl sites for hydroxylation is 3. The van der Waals surface area contributed by atoms with Gasteiger partial charge in [-0.15, -0.1) is 0 Å². The van der Waals surface area contributed by atoms with Crippen molar-refractivity contribution in [2.24, 2.45) is 0 Å². The van der Waals surface area contributed by atoms with Crippen LogP contribution in [-0.4, -0.2) is 25.0 Å². The van der Waals surface area contributed by atoms with Crippen LogP contribution in [0.4, 0.5) is 17.1 Å². The third kappa shape index (κ3) is 4.00. The van der Waals surface area contributed by atoms with E-state index in [1.165, 1.54) is 0 Å². The van der Waals surface area contributed by atoms with Crippen LogP contribution in [0.25, 0.3) is 0 Å². The molecule has 0 fully saturated rings. The molecule has 0 aromatic heterocycles. The summed E-state index contributed by atoms with van der Waals surface area (Å²) in [5.74, 6) is 0.756. The van der Waals surface area contributed by atoms with Crippen LogP contribution in [0, 0.1) is 20.8 Å². The van der Waals surface area contributed by atoms with Gasteiger partial charge in [0.05, 0.1) is 16.9 Å². The van der Waals surface area contributed by atoms with E-state index in [0.717, 1.165) is 58.0 Å². The molecular formula is C35H34N2O4. The third-order valence-electron chi connectivity index (χ3n) is 8.29. The fourth-order valence-electron chi connectivity index (χ4n) is 6.35. The molecule has 4 aromatic carbocycles. The fourth-order valence-corrected chi connectivity index (χ4v) is 6.35. The van der Waals surface area contributed by atoms with E-state index >= 15 is 0 Å². The second kappa shape index (κ2) is 9.81. The molecule has 1 atom stereocenters. The Morgan fingerprint density at radius 3 is 2.20 bits per heavy atom. The van der Waals surface area contributed by atoms with Gasteiger partial charge in [-0.2, -0.15) is 0 Å². The van der Waals surface area contributed by atoms with Crippen LogP contribution in [0.15, 0.2) is 72.8 Å². The van der Waals surface area contributed by atoms with Crippen molar-refractivity contribution in [3.63, 3.8) is 0 Å². The third-order valence-corrected chi connectivity index (χ3v) is 8.29. The van der Waals surface area contributed by atoms with E-state index in [9.17, 15) is 9.59 Å². The van der Waals surface area contributed by atoms with Crippen molar-refractivity contribution in [1.29, 1.82) is 0 Å². The zero-order chi connectivity index (χ0) is 29.1. The Bertz CT molecular complexity index is 1720. The monoisotopic (exact) mass is 546 g/mol. The Labute approximate surface area is 241 Å². The summed E-state index contributed by atoms with van der Waals surface area (Å²) in [6, 6.07) is 23.6. The number of amides is 1. The molecule has 41 heavy (non-hydrogen) atoms. The van der Waals surface area contributed by atoms with Crippen LogP contribution in [0.1, 0.15) is 64.5 Å². The minimum Gasteiger partial charge on any atom is -0.456 e. The lowest BCUT2D eigenvalue weighted by Gasteiger charge is -2.38. The molecule has 6 rings (SSSR count). The molecule has 0 bridgehead atoms. The van der Waals surface area contributed by atoms with E-state index in [-0.39, 0.29) is 11.9 Å². The number of anilines is 3. The van der Waals surface area contributed by atoms with E-state index in [1.54, 1.807) is 17.9 Å². The molecule has 0 saturated heterocycles. The number of carbonyl (C=O) groups is 2. The van der Waals surface area contributed by atoms with Crippen molar-refractivity contribution in [1.82, 2.24) is 0 Å². The van der Waals surface area contributed by atoms with Gasteiger partial charge < -0.3 is 14.4 Å². The summed E-state index contributed by atoms with van der Waals surface area (Å²) in [5.41, 5.74) is 7.08. The lowest BCUT2D eigenvalue weighted by molar-refractivity contribution is -0.115. The molecule has 6 nitrogen and oxygen atoms in total. The Morgan fingerprint density at radius 2 is 1.49 bits per heavy atom. The topological polar surface area (TPSA) is 59.1 Å². The highest BCUT2D eigenvalue weighted by atomic mass is 16.6. The van der Waals surface area contributed by atoms with Crippen molar-refractivity contribution in [2.75, 3.05) is 22.9 Å². The number of carbonyl (C=O) groups excluding carboxylic acids is 2. The zero-order valence-corrected chi connectivity index (χ0v) is 24.4. The number of ether oxygens (including phenoxy) is 2. The number of hydrogen-bond acceptors (Lipinski definition) is 5. The molecule has 2 aliphatic rings. The van der Waals surface area contributed by atoms with Crippen molar-refractivity contribution in [3.05, 3.63) is 112 Å². The molecule has 208 valence electrons. The lowest BCUT2D eigenvalue weighted by Crippen LogP contribution is -2.34. The standard InChI is InChI=1S/C35H34N2O4/c1-7-36(8-2)25-14-15-28-33(19-25)40-32-18-23(5)31(37(24(6)38)30-16-13-21(3)17-22(30)4)20-29(32)35(28)27-12-10-9-11-26(27)34(39)41-35/h9-20H,7-8H2,1-6H3. The van der Waals surface area contributed by atoms with Crippen LogP contribution >= 0.6 is 0 Å². The molecule has 6 heteroatoms. The molecular weight excluding hydrogens is 512 g/mol. The van der Waals surface area contributed by atoms with Crippen molar-refractivity contribution in [2.45, 2.75) is 47.1 Å². The van der Waals surface area contributed by atoms with Crippen LogP contribution in [0.5, 0.6) is 11.5 Å². The van der Waals surface area contributed by atoms with Crippen LogP contribution in [0.2, 0.25) is 0 Å². The van der Waals surface area contributed by atoms with Gasteiger partial charge in [-0.3, -0.25) is 9.69 Å². The maximum absolute atomic E-state index is 13.4. The molecule has 0 saturated carbocycles. The molecule has 2 aliphatic heterocycles. The van der Waals surface area contributed by atoms with Gasteiger partial charge in [-0.25, -0.2) is 4.79 Å². The zero-order valence-electron chi connectivity index (χ0n) is 24.4. The van der Waals surface area contributed by atoms with Gasteiger partial charge >= 0.3 is 5.97 Å². The number of rotatable bonds is 5. The van der Waals surface area contributed by atoms with Crippen LogP contribution in [-0.2, 0) is 15.1 Å². The number of benzene rings is 4. The summed E-state index contributed by atoms with van der Waals surface area (Å²) in [4.78, 5) is 30.6. The second-order valence-electron chi connectivity index (χ2n) is 10.9. The fraction of sp³-hybridized carbons (Fsp3) is 0.257. The van der Waals surface area contributed by atoms with Crippen LogP contribution < -0.4 is 14.5 Å². The van der Waals surface area contributed by atoms with Gasteiger partial charge in [0.2, 0.25) is 5.91 Å². The average molecular weight is 547 g/mol. The van der Waals surface area contributed by atoms with Gasteiger partial charge in [-0.05, 0) is 82.1 Å². The summed E-state index contributed by atoms with van der Waals surface area (Å²) in [6.07, 6.45) is 0. The predicted molar refractivity (Wildman–Crippen MR) is 162 cm³/mol. The predicted octanol–water partition coefficient (Wildman–Crippen LogP) is 7.71. The molecule has 4 aromatic rings. The average Bonchev–Trinajstić information content (AvgIpc) is 3.24. The van der Waals surface area contributed by atoms with E-state index in [1.807, 2.05) is 75.4 Å². The van der Waals surface area contributed by atoms with Gasteiger partial charge in [0.1, 0.15) is 11.5 Å². The summed E-state index contributed by atoms with van der Waals surface area (Å²) in [6.45, 7) is 13.5. The SMILES string of the molecule is CCN(CC)c1ccc2c(c1)Oc1cc(C)c(N(C(C)=O)c3ccc(C)cc3C)cc1C21OC(=O)c2ccccc21. The molecule has 2 heterocycles. The molecule has 0 N–H and O–H groups in total. The highest BCUT2D eigenvalue weighted by molar-refractivity contribution is 6.01. The Hall–Kier alpha value is -4.58. The van der Waals surface area contributed by atoms with E-state index in [2.05, 4.69) is 30.9 Å². The first-order valence-electron chi connectivity index (χ1n) is 14.1. The maximum atomic E-state index is 13.4. The minimum atomic E-state index is -1.22. The van der Waals surface area contributed by atoms with Crippen molar-refractivity contribution < 1.29 is 19.1 Å². The molecule has 0 radical (unpaired) electrons. The number of hydrogen-bond donors (Lipinski definition) is 0. The number of nitrogens with zero attached hydrogens (tertiary/aromatic N) is 2. The van der Waals surface area contributed by atoms with E-state index in [4.69, 9.17) is 9.47 Å². The Morgan fingerprint density at radius 1 is 0.780 bits per heavy atom. The Kier molecular flexibility index (Phi) is 6.37. The quantitative estimate of drug-likeness (QED) is 0.240. The summed E-state index contributed by atoms with van der Waals surface area (Å²) < 4.78 is 13.0. The number of fused-ring (bicyclic) bond motifs is 6.